The summed E-state index contributed by atoms with van der Waals surface area (Å²) in [6, 6.07) is 40.6. The van der Waals surface area contributed by atoms with E-state index in [0.717, 1.165) is 22.1 Å². The summed E-state index contributed by atoms with van der Waals surface area (Å²) in [7, 11) is 0. The zero-order valence-corrected chi connectivity index (χ0v) is 22.8. The number of allylic oxidation sites excluding steroid dienone is 4. The van der Waals surface area contributed by atoms with Crippen molar-refractivity contribution in [3.63, 3.8) is 0 Å². The minimum atomic E-state index is 0.378. The van der Waals surface area contributed by atoms with Gasteiger partial charge in [0.15, 0.2) is 17.5 Å². The first-order valence-corrected chi connectivity index (χ1v) is 14.5. The monoisotopic (exact) mass is 535 g/mol. The third-order valence-electron chi connectivity index (χ3n) is 8.86. The third-order valence-corrected chi connectivity index (χ3v) is 8.86. The zero-order valence-electron chi connectivity index (χ0n) is 22.8. The van der Waals surface area contributed by atoms with E-state index in [0.29, 0.717) is 29.3 Å². The number of hydrogen-bond donors (Lipinski definition) is 0. The van der Waals surface area contributed by atoms with Gasteiger partial charge in [-0.05, 0) is 55.6 Å². The Bertz CT molecular complexity index is 2190. The summed E-state index contributed by atoms with van der Waals surface area (Å²) in [6.45, 7) is 0. The number of hydrogen-bond acceptors (Lipinski definition) is 3. The van der Waals surface area contributed by atoms with E-state index in [1.165, 1.54) is 38.1 Å². The lowest BCUT2D eigenvalue weighted by Crippen LogP contribution is -2.02. The predicted molar refractivity (Wildman–Crippen MR) is 172 cm³/mol. The van der Waals surface area contributed by atoms with Gasteiger partial charge in [0, 0.05) is 28.5 Å². The van der Waals surface area contributed by atoms with Gasteiger partial charge < -0.3 is 0 Å². The Hall–Kier alpha value is -5.41. The van der Waals surface area contributed by atoms with Crippen LogP contribution in [0.5, 0.6) is 0 Å². The summed E-state index contributed by atoms with van der Waals surface area (Å²) in [5.74, 6) is 2.80. The maximum atomic E-state index is 5.10. The number of nitrogens with zero attached hydrogens (tertiary/aromatic N) is 3. The van der Waals surface area contributed by atoms with Crippen LogP contribution >= 0.6 is 0 Å². The summed E-state index contributed by atoms with van der Waals surface area (Å²) in [4.78, 5) is 15.1. The third kappa shape index (κ3) is 3.44. The van der Waals surface area contributed by atoms with Crippen molar-refractivity contribution >= 4 is 32.3 Å². The molecule has 3 nitrogen and oxygen atoms in total. The molecule has 7 aromatic rings. The molecule has 2 atom stereocenters. The molecule has 0 radical (unpaired) electrons. The van der Waals surface area contributed by atoms with Crippen LogP contribution in [0.25, 0.3) is 66.5 Å². The van der Waals surface area contributed by atoms with Crippen LogP contribution in [0.4, 0.5) is 0 Å². The summed E-state index contributed by atoms with van der Waals surface area (Å²) in [5, 5.41) is 7.56. The normalized spacial score (nSPS) is 16.9. The fraction of sp³-hybridized carbons (Fsp3) is 0.0513. The SMILES string of the molecule is C1=CC2c3cccc4c3c(cc3c5ccccc5c(-c5nc(-c6ccccc6)nc(-c6ccccc6)n5)cc43)C2C=C1. The highest BCUT2D eigenvalue weighted by Crippen LogP contribution is 2.52. The summed E-state index contributed by atoms with van der Waals surface area (Å²) in [6.07, 6.45) is 9.10. The molecule has 0 amide bonds. The van der Waals surface area contributed by atoms with E-state index in [4.69, 9.17) is 15.0 Å². The Balaban J connectivity index is 1.37. The van der Waals surface area contributed by atoms with Crippen molar-refractivity contribution in [1.82, 2.24) is 15.0 Å². The van der Waals surface area contributed by atoms with Crippen LogP contribution in [0.1, 0.15) is 23.0 Å². The van der Waals surface area contributed by atoms with Gasteiger partial charge in [0.25, 0.3) is 0 Å². The van der Waals surface area contributed by atoms with E-state index in [9.17, 15) is 0 Å². The standard InChI is InChI=1S/C39H25N3/c1-3-12-24(13-4-1)37-40-38(25-14-5-2-6-15-25)42-39(41-37)35-23-33-31-21-11-20-30-26-16-7-9-18-28(26)34(36(30)31)22-32(33)27-17-8-10-19-29(27)35/h1-23,26,28H. The molecule has 2 unspecified atom stereocenters. The lowest BCUT2D eigenvalue weighted by Gasteiger charge is -2.18. The summed E-state index contributed by atoms with van der Waals surface area (Å²) in [5.41, 5.74) is 5.80. The molecule has 2 aliphatic carbocycles. The lowest BCUT2D eigenvalue weighted by atomic mass is 9.86. The average molecular weight is 536 g/mol. The molecule has 0 saturated carbocycles. The van der Waals surface area contributed by atoms with Gasteiger partial charge in [0.05, 0.1) is 0 Å². The molecule has 0 N–H and O–H groups in total. The van der Waals surface area contributed by atoms with E-state index in [2.05, 4.69) is 103 Å². The number of rotatable bonds is 3. The molecule has 3 heteroatoms. The second-order valence-electron chi connectivity index (χ2n) is 11.2. The van der Waals surface area contributed by atoms with Crippen LogP contribution in [0.15, 0.2) is 140 Å². The molecule has 0 bridgehead atoms. The van der Waals surface area contributed by atoms with E-state index in [1.807, 2.05) is 36.4 Å². The van der Waals surface area contributed by atoms with Crippen LogP contribution in [0.2, 0.25) is 0 Å². The van der Waals surface area contributed by atoms with Gasteiger partial charge in [-0.15, -0.1) is 0 Å². The molecule has 6 aromatic carbocycles. The van der Waals surface area contributed by atoms with Crippen LogP contribution in [-0.2, 0) is 0 Å². The topological polar surface area (TPSA) is 38.7 Å². The van der Waals surface area contributed by atoms with E-state index < -0.39 is 0 Å². The zero-order chi connectivity index (χ0) is 27.6. The van der Waals surface area contributed by atoms with E-state index >= 15 is 0 Å². The maximum absolute atomic E-state index is 5.10. The Morgan fingerprint density at radius 3 is 1.64 bits per heavy atom. The second kappa shape index (κ2) is 9.05. The average Bonchev–Trinajstić information content (AvgIpc) is 3.39. The van der Waals surface area contributed by atoms with Gasteiger partial charge in [-0.3, -0.25) is 0 Å². The van der Waals surface area contributed by atoms with E-state index in [-0.39, 0.29) is 0 Å². The van der Waals surface area contributed by atoms with Crippen molar-refractivity contribution in [1.29, 1.82) is 0 Å². The predicted octanol–water partition coefficient (Wildman–Crippen LogP) is 9.64. The maximum Gasteiger partial charge on any atom is 0.164 e. The summed E-state index contributed by atoms with van der Waals surface area (Å²) >= 11 is 0. The first kappa shape index (κ1) is 23.3. The molecule has 0 aliphatic heterocycles. The fourth-order valence-corrected chi connectivity index (χ4v) is 6.98. The number of aromatic nitrogens is 3. The fourth-order valence-electron chi connectivity index (χ4n) is 6.98. The van der Waals surface area contributed by atoms with E-state index in [1.54, 1.807) is 0 Å². The van der Waals surface area contributed by atoms with Gasteiger partial charge in [-0.25, -0.2) is 15.0 Å². The molecule has 0 spiro atoms. The molecule has 9 rings (SSSR count). The Morgan fingerprint density at radius 2 is 0.952 bits per heavy atom. The van der Waals surface area contributed by atoms with Crippen molar-refractivity contribution in [2.75, 3.05) is 0 Å². The van der Waals surface area contributed by atoms with Crippen molar-refractivity contribution in [3.05, 3.63) is 151 Å². The number of fused-ring (bicyclic) bond motifs is 7. The van der Waals surface area contributed by atoms with Gasteiger partial charge >= 0.3 is 0 Å². The van der Waals surface area contributed by atoms with Gasteiger partial charge in [0.1, 0.15) is 0 Å². The van der Waals surface area contributed by atoms with Crippen molar-refractivity contribution in [3.8, 4) is 34.2 Å². The minimum Gasteiger partial charge on any atom is -0.208 e. The van der Waals surface area contributed by atoms with Crippen LogP contribution in [0, 0.1) is 0 Å². The molecular weight excluding hydrogens is 510 g/mol. The first-order valence-electron chi connectivity index (χ1n) is 14.5. The molecular formula is C39H25N3. The van der Waals surface area contributed by atoms with Crippen molar-refractivity contribution in [2.45, 2.75) is 11.8 Å². The van der Waals surface area contributed by atoms with Crippen LogP contribution in [-0.4, -0.2) is 15.0 Å². The highest BCUT2D eigenvalue weighted by molar-refractivity contribution is 6.22. The molecule has 2 aliphatic rings. The molecule has 42 heavy (non-hydrogen) atoms. The quantitative estimate of drug-likeness (QED) is 0.211. The largest absolute Gasteiger partial charge is 0.208 e. The minimum absolute atomic E-state index is 0.378. The Kier molecular flexibility index (Phi) is 5.02. The number of benzene rings is 6. The van der Waals surface area contributed by atoms with Gasteiger partial charge in [-0.2, -0.15) is 0 Å². The van der Waals surface area contributed by atoms with Gasteiger partial charge in [0.2, 0.25) is 0 Å². The highest BCUT2D eigenvalue weighted by atomic mass is 15.0. The molecule has 0 fully saturated rings. The Labute approximate surface area is 243 Å². The lowest BCUT2D eigenvalue weighted by molar-refractivity contribution is 0.769. The summed E-state index contributed by atoms with van der Waals surface area (Å²) < 4.78 is 0. The smallest absolute Gasteiger partial charge is 0.164 e. The second-order valence-corrected chi connectivity index (χ2v) is 11.2. The van der Waals surface area contributed by atoms with Gasteiger partial charge in [-0.1, -0.05) is 127 Å². The first-order chi connectivity index (χ1) is 20.8. The molecule has 1 heterocycles. The van der Waals surface area contributed by atoms with Crippen LogP contribution < -0.4 is 0 Å². The Morgan fingerprint density at radius 1 is 0.405 bits per heavy atom. The molecule has 196 valence electrons. The molecule has 0 saturated heterocycles. The van der Waals surface area contributed by atoms with Crippen molar-refractivity contribution < 1.29 is 0 Å². The van der Waals surface area contributed by atoms with Crippen LogP contribution in [0.3, 0.4) is 0 Å². The molecule has 1 aromatic heterocycles. The van der Waals surface area contributed by atoms with Crippen molar-refractivity contribution in [2.24, 2.45) is 0 Å². The highest BCUT2D eigenvalue weighted by Gasteiger charge is 2.33.